The molecule has 7 heteroatoms. The third kappa shape index (κ3) is 3.15. The molecule has 1 aliphatic carbocycles. The molecule has 1 saturated heterocycles. The van der Waals surface area contributed by atoms with Gasteiger partial charge in [-0.05, 0) is 24.5 Å². The van der Waals surface area contributed by atoms with Crippen LogP contribution in [0.2, 0.25) is 0 Å². The molecule has 1 aromatic rings. The average molecular weight is 314 g/mol. The van der Waals surface area contributed by atoms with Crippen molar-refractivity contribution in [2.75, 3.05) is 33.4 Å². The molecule has 0 N–H and O–H groups in total. The van der Waals surface area contributed by atoms with Gasteiger partial charge >= 0.3 is 0 Å². The minimum atomic E-state index is -3.44. The van der Waals surface area contributed by atoms with Gasteiger partial charge in [-0.2, -0.15) is 17.0 Å². The fraction of sp³-hybridized carbons (Fsp3) is 0.714. The Balaban J connectivity index is 1.64. The Labute approximate surface area is 125 Å². The Kier molecular flexibility index (Phi) is 4.09. The van der Waals surface area contributed by atoms with E-state index in [1.54, 1.807) is 7.05 Å². The van der Waals surface area contributed by atoms with Crippen molar-refractivity contribution in [1.29, 1.82) is 0 Å². The highest BCUT2D eigenvalue weighted by atomic mass is 32.2. The van der Waals surface area contributed by atoms with Crippen molar-refractivity contribution in [1.82, 2.24) is 8.61 Å². The van der Waals surface area contributed by atoms with Gasteiger partial charge in [-0.15, -0.1) is 0 Å². The normalized spacial score (nSPS) is 27.2. The molecule has 0 radical (unpaired) electrons. The average Bonchev–Trinajstić information content (AvgIpc) is 3.02. The Morgan fingerprint density at radius 3 is 2.62 bits per heavy atom. The highest BCUT2D eigenvalue weighted by Gasteiger charge is 2.37. The predicted molar refractivity (Wildman–Crippen MR) is 78.0 cm³/mol. The molecule has 2 aliphatic rings. The molecule has 6 nitrogen and oxygen atoms in total. The summed E-state index contributed by atoms with van der Waals surface area (Å²) >= 11 is 0. The minimum Gasteiger partial charge on any atom is -0.464 e. The number of rotatable bonds is 5. The van der Waals surface area contributed by atoms with Crippen molar-refractivity contribution in [3.05, 3.63) is 23.7 Å². The molecule has 2 fully saturated rings. The first-order valence-electron chi connectivity index (χ1n) is 7.36. The van der Waals surface area contributed by atoms with Crippen LogP contribution in [0.3, 0.4) is 0 Å². The van der Waals surface area contributed by atoms with Crippen LogP contribution in [0.25, 0.3) is 0 Å². The largest absolute Gasteiger partial charge is 0.464 e. The molecule has 1 aliphatic heterocycles. The minimum absolute atomic E-state index is 0.265. The smallest absolute Gasteiger partial charge is 0.282 e. The van der Waals surface area contributed by atoms with Gasteiger partial charge in [0.25, 0.3) is 10.2 Å². The van der Waals surface area contributed by atoms with Gasteiger partial charge in [0.2, 0.25) is 0 Å². The molecule has 0 aromatic carbocycles. The highest BCUT2D eigenvalue weighted by Crippen LogP contribution is 2.47. The van der Waals surface area contributed by atoms with E-state index in [1.165, 1.54) is 8.61 Å². The summed E-state index contributed by atoms with van der Waals surface area (Å²) in [6, 6.07) is 3.85. The van der Waals surface area contributed by atoms with Crippen molar-refractivity contribution >= 4 is 10.2 Å². The number of hydrogen-bond acceptors (Lipinski definition) is 4. The third-order valence-electron chi connectivity index (χ3n) is 4.23. The fourth-order valence-corrected chi connectivity index (χ4v) is 3.97. The van der Waals surface area contributed by atoms with Crippen LogP contribution in [0.4, 0.5) is 0 Å². The van der Waals surface area contributed by atoms with Crippen LogP contribution in [-0.4, -0.2) is 50.4 Å². The maximum absolute atomic E-state index is 12.4. The van der Waals surface area contributed by atoms with E-state index in [1.807, 2.05) is 12.1 Å². The number of furan rings is 1. The monoisotopic (exact) mass is 314 g/mol. The molecule has 3 rings (SSSR count). The molecule has 0 amide bonds. The van der Waals surface area contributed by atoms with Gasteiger partial charge in [0, 0.05) is 26.1 Å². The Hall–Kier alpha value is -0.890. The van der Waals surface area contributed by atoms with Crippen molar-refractivity contribution in [2.45, 2.75) is 25.8 Å². The van der Waals surface area contributed by atoms with E-state index in [2.05, 4.69) is 6.92 Å². The molecule has 2 atom stereocenters. The lowest BCUT2D eigenvalue weighted by molar-refractivity contribution is 0.0704. The Morgan fingerprint density at radius 2 is 2.00 bits per heavy atom. The summed E-state index contributed by atoms with van der Waals surface area (Å²) in [6.45, 7) is 4.20. The number of hydrogen-bond donors (Lipinski definition) is 0. The van der Waals surface area contributed by atoms with E-state index < -0.39 is 10.2 Å². The van der Waals surface area contributed by atoms with Gasteiger partial charge in [0.1, 0.15) is 11.5 Å². The summed E-state index contributed by atoms with van der Waals surface area (Å²) in [7, 11) is -1.85. The van der Waals surface area contributed by atoms with Crippen molar-refractivity contribution in [2.24, 2.45) is 5.92 Å². The quantitative estimate of drug-likeness (QED) is 0.824. The SMILES string of the molecule is C[C@H]1C[C@H]1c1ccc(CN(C)S(=O)(=O)N2CCOCC2)o1. The van der Waals surface area contributed by atoms with Crippen molar-refractivity contribution < 1.29 is 17.6 Å². The zero-order chi connectivity index (χ0) is 15.0. The molecule has 118 valence electrons. The van der Waals surface area contributed by atoms with E-state index in [0.717, 1.165) is 12.2 Å². The molecular formula is C14H22N2O4S. The standard InChI is InChI=1S/C14H22N2O4S/c1-11-9-13(11)14-4-3-12(20-14)10-15(2)21(17,18)16-5-7-19-8-6-16/h3-4,11,13H,5-10H2,1-2H3/t11-,13+/m0/s1. The van der Waals surface area contributed by atoms with Crippen LogP contribution in [0, 0.1) is 5.92 Å². The first kappa shape index (κ1) is 15.0. The molecule has 0 unspecified atom stereocenters. The van der Waals surface area contributed by atoms with Crippen LogP contribution >= 0.6 is 0 Å². The molecule has 1 saturated carbocycles. The maximum atomic E-state index is 12.4. The predicted octanol–water partition coefficient (Wildman–Crippen LogP) is 1.41. The fourth-order valence-electron chi connectivity index (χ4n) is 2.67. The molecule has 1 aromatic heterocycles. The van der Waals surface area contributed by atoms with Gasteiger partial charge in [-0.25, -0.2) is 0 Å². The maximum Gasteiger partial charge on any atom is 0.282 e. The van der Waals surface area contributed by atoms with Gasteiger partial charge in [0.15, 0.2) is 0 Å². The molecule has 0 bridgehead atoms. The van der Waals surface area contributed by atoms with Crippen LogP contribution in [0.1, 0.15) is 30.8 Å². The second kappa shape index (κ2) is 5.72. The van der Waals surface area contributed by atoms with E-state index >= 15 is 0 Å². The lowest BCUT2D eigenvalue weighted by atomic mass is 10.3. The van der Waals surface area contributed by atoms with Crippen LogP contribution in [-0.2, 0) is 21.5 Å². The van der Waals surface area contributed by atoms with Gasteiger partial charge in [0.05, 0.1) is 19.8 Å². The second-order valence-electron chi connectivity index (χ2n) is 5.90. The van der Waals surface area contributed by atoms with Crippen LogP contribution in [0.15, 0.2) is 16.5 Å². The van der Waals surface area contributed by atoms with Gasteiger partial charge in [-0.1, -0.05) is 6.92 Å². The molecule has 21 heavy (non-hydrogen) atoms. The van der Waals surface area contributed by atoms with Gasteiger partial charge in [-0.3, -0.25) is 0 Å². The van der Waals surface area contributed by atoms with E-state index in [0.29, 0.717) is 43.9 Å². The first-order chi connectivity index (χ1) is 9.98. The van der Waals surface area contributed by atoms with Crippen molar-refractivity contribution in [3.63, 3.8) is 0 Å². The zero-order valence-corrected chi connectivity index (χ0v) is 13.3. The Bertz CT molecular complexity index is 592. The summed E-state index contributed by atoms with van der Waals surface area (Å²) in [4.78, 5) is 0. The van der Waals surface area contributed by atoms with E-state index in [9.17, 15) is 8.42 Å². The summed E-state index contributed by atoms with van der Waals surface area (Å²) < 4.78 is 38.7. The zero-order valence-electron chi connectivity index (χ0n) is 12.5. The molecular weight excluding hydrogens is 292 g/mol. The lowest BCUT2D eigenvalue weighted by Gasteiger charge is -2.29. The van der Waals surface area contributed by atoms with Gasteiger partial charge < -0.3 is 9.15 Å². The van der Waals surface area contributed by atoms with Crippen LogP contribution < -0.4 is 0 Å². The van der Waals surface area contributed by atoms with Crippen LogP contribution in [0.5, 0.6) is 0 Å². The van der Waals surface area contributed by atoms with Crippen molar-refractivity contribution in [3.8, 4) is 0 Å². The number of ether oxygens (including phenoxy) is 1. The molecule has 2 heterocycles. The highest BCUT2D eigenvalue weighted by molar-refractivity contribution is 7.86. The van der Waals surface area contributed by atoms with E-state index in [-0.39, 0.29) is 6.54 Å². The third-order valence-corrected chi connectivity index (χ3v) is 6.16. The summed E-state index contributed by atoms with van der Waals surface area (Å²) in [5.74, 6) is 2.87. The summed E-state index contributed by atoms with van der Waals surface area (Å²) in [6.07, 6.45) is 1.16. The number of nitrogens with zero attached hydrogens (tertiary/aromatic N) is 2. The summed E-state index contributed by atoms with van der Waals surface area (Å²) in [5, 5.41) is 0. The Morgan fingerprint density at radius 1 is 1.33 bits per heavy atom. The summed E-state index contributed by atoms with van der Waals surface area (Å²) in [5.41, 5.74) is 0. The molecule has 0 spiro atoms. The first-order valence-corrected chi connectivity index (χ1v) is 8.76. The second-order valence-corrected chi connectivity index (χ2v) is 7.93. The lowest BCUT2D eigenvalue weighted by Crippen LogP contribution is -2.46. The topological polar surface area (TPSA) is 63.0 Å². The van der Waals surface area contributed by atoms with E-state index in [4.69, 9.17) is 9.15 Å². The number of morpholine rings is 1.